The molecule has 0 unspecified atom stereocenters. The van der Waals surface area contributed by atoms with Crippen LogP contribution in [0.5, 0.6) is 0 Å². The fourth-order valence-electron chi connectivity index (χ4n) is 3.04. The van der Waals surface area contributed by atoms with Crippen molar-refractivity contribution in [2.24, 2.45) is 0 Å². The number of benzene rings is 1. The van der Waals surface area contributed by atoms with Crippen molar-refractivity contribution >= 4 is 17.4 Å². The lowest BCUT2D eigenvalue weighted by molar-refractivity contribution is 0.517. The Hall–Kier alpha value is -1.48. The number of H-pyrrole nitrogens is 1. The number of halogens is 1. The van der Waals surface area contributed by atoms with E-state index in [0.717, 1.165) is 23.6 Å². The summed E-state index contributed by atoms with van der Waals surface area (Å²) in [5, 5.41) is 7.94. The number of nitrogens with two attached hydrogens (primary N) is 1. The van der Waals surface area contributed by atoms with E-state index < -0.39 is 0 Å². The fraction of sp³-hybridized carbons (Fsp3) is 0.357. The Bertz CT molecular complexity index is 538. The van der Waals surface area contributed by atoms with Gasteiger partial charge in [0.1, 0.15) is 5.82 Å². The minimum Gasteiger partial charge on any atom is -0.382 e. The lowest BCUT2D eigenvalue weighted by Gasteiger charge is -2.28. The highest BCUT2D eigenvalue weighted by molar-refractivity contribution is 6.30. The number of rotatable bonds is 2. The molecule has 0 spiro atoms. The van der Waals surface area contributed by atoms with Gasteiger partial charge in [-0.15, -0.1) is 0 Å². The summed E-state index contributed by atoms with van der Waals surface area (Å²) in [7, 11) is 0. The summed E-state index contributed by atoms with van der Waals surface area (Å²) in [6, 6.07) is 10.1. The first-order chi connectivity index (χ1) is 8.71. The molecule has 0 saturated heterocycles. The molecule has 1 aromatic heterocycles. The maximum absolute atomic E-state index is 5.97. The van der Waals surface area contributed by atoms with Crippen LogP contribution in [0.3, 0.4) is 0 Å². The van der Waals surface area contributed by atoms with Gasteiger partial charge in [-0.25, -0.2) is 0 Å². The highest BCUT2D eigenvalue weighted by Gasteiger charge is 2.38. The third-order valence-corrected chi connectivity index (χ3v) is 4.22. The van der Waals surface area contributed by atoms with Crippen LogP contribution in [0.25, 0.3) is 0 Å². The van der Waals surface area contributed by atoms with Crippen LogP contribution in [-0.4, -0.2) is 10.2 Å². The van der Waals surface area contributed by atoms with E-state index in [9.17, 15) is 0 Å². The van der Waals surface area contributed by atoms with Crippen molar-refractivity contribution < 1.29 is 0 Å². The van der Waals surface area contributed by atoms with Crippen LogP contribution in [-0.2, 0) is 5.41 Å². The van der Waals surface area contributed by atoms with E-state index in [1.807, 2.05) is 18.2 Å². The third-order valence-electron chi connectivity index (χ3n) is 3.97. The lowest BCUT2D eigenvalue weighted by Crippen LogP contribution is -2.24. The number of nitrogens with zero attached hydrogens (tertiary/aromatic N) is 1. The SMILES string of the molecule is Nc1cc(C2(c3ccc(Cl)cc3)CCCC2)[nH]n1. The van der Waals surface area contributed by atoms with Crippen LogP contribution in [0.15, 0.2) is 30.3 Å². The first-order valence-corrected chi connectivity index (χ1v) is 6.66. The lowest BCUT2D eigenvalue weighted by atomic mass is 9.76. The van der Waals surface area contributed by atoms with Crippen LogP contribution in [0, 0.1) is 0 Å². The van der Waals surface area contributed by atoms with Crippen molar-refractivity contribution in [3.8, 4) is 0 Å². The molecule has 0 amide bonds. The van der Waals surface area contributed by atoms with Gasteiger partial charge in [-0.2, -0.15) is 5.10 Å². The second-order valence-corrected chi connectivity index (χ2v) is 5.44. The van der Waals surface area contributed by atoms with Crippen molar-refractivity contribution in [3.05, 3.63) is 46.6 Å². The first kappa shape index (κ1) is 11.6. The minimum absolute atomic E-state index is 0.0369. The van der Waals surface area contributed by atoms with Crippen LogP contribution in [0.2, 0.25) is 5.02 Å². The monoisotopic (exact) mass is 261 g/mol. The highest BCUT2D eigenvalue weighted by atomic mass is 35.5. The second kappa shape index (κ2) is 4.32. The Morgan fingerprint density at radius 1 is 1.17 bits per heavy atom. The van der Waals surface area contributed by atoms with Gasteiger partial charge in [0, 0.05) is 22.2 Å². The summed E-state index contributed by atoms with van der Waals surface area (Å²) in [6.07, 6.45) is 4.75. The van der Waals surface area contributed by atoms with E-state index in [2.05, 4.69) is 22.3 Å². The Morgan fingerprint density at radius 2 is 1.83 bits per heavy atom. The Balaban J connectivity index is 2.09. The Morgan fingerprint density at radius 3 is 2.39 bits per heavy atom. The fourth-order valence-corrected chi connectivity index (χ4v) is 3.17. The van der Waals surface area contributed by atoms with E-state index >= 15 is 0 Å². The number of aromatic amines is 1. The van der Waals surface area contributed by atoms with Crippen LogP contribution < -0.4 is 5.73 Å². The van der Waals surface area contributed by atoms with Crippen molar-refractivity contribution in [1.29, 1.82) is 0 Å². The smallest absolute Gasteiger partial charge is 0.145 e. The molecule has 0 radical (unpaired) electrons. The number of aromatic nitrogens is 2. The van der Waals surface area contributed by atoms with Gasteiger partial charge < -0.3 is 5.73 Å². The third kappa shape index (κ3) is 1.79. The van der Waals surface area contributed by atoms with Gasteiger partial charge >= 0.3 is 0 Å². The minimum atomic E-state index is 0.0369. The zero-order chi connectivity index (χ0) is 12.6. The topological polar surface area (TPSA) is 54.7 Å². The molecule has 3 rings (SSSR count). The molecule has 1 saturated carbocycles. The average molecular weight is 262 g/mol. The van der Waals surface area contributed by atoms with Crippen LogP contribution in [0.1, 0.15) is 36.9 Å². The van der Waals surface area contributed by atoms with Crippen LogP contribution >= 0.6 is 11.6 Å². The second-order valence-electron chi connectivity index (χ2n) is 5.00. The van der Waals surface area contributed by atoms with Crippen molar-refractivity contribution in [3.63, 3.8) is 0 Å². The standard InChI is InChI=1S/C14H16ClN3/c15-11-5-3-10(4-6-11)14(7-1-2-8-14)12-9-13(16)18-17-12/h3-6,9H,1-2,7-8H2,(H3,16,17,18). The van der Waals surface area contributed by atoms with Gasteiger partial charge in [0.2, 0.25) is 0 Å². The molecule has 18 heavy (non-hydrogen) atoms. The summed E-state index contributed by atoms with van der Waals surface area (Å²) < 4.78 is 0. The molecule has 2 aromatic rings. The molecule has 1 heterocycles. The summed E-state index contributed by atoms with van der Waals surface area (Å²) in [6.45, 7) is 0. The Kier molecular flexibility index (Phi) is 2.78. The average Bonchev–Trinajstić information content (AvgIpc) is 2.99. The zero-order valence-electron chi connectivity index (χ0n) is 10.1. The Labute approximate surface area is 111 Å². The number of hydrogen-bond acceptors (Lipinski definition) is 2. The van der Waals surface area contributed by atoms with Crippen molar-refractivity contribution in [2.75, 3.05) is 5.73 Å². The number of anilines is 1. The molecule has 0 bridgehead atoms. The van der Waals surface area contributed by atoms with E-state index in [1.165, 1.54) is 18.4 Å². The summed E-state index contributed by atoms with van der Waals surface area (Å²) in [5.41, 5.74) is 8.20. The molecular weight excluding hydrogens is 246 g/mol. The van der Waals surface area contributed by atoms with Crippen molar-refractivity contribution in [1.82, 2.24) is 10.2 Å². The van der Waals surface area contributed by atoms with Gasteiger partial charge in [0.05, 0.1) is 0 Å². The molecule has 94 valence electrons. The number of nitrogens with one attached hydrogen (secondary N) is 1. The summed E-state index contributed by atoms with van der Waals surface area (Å²) >= 11 is 5.97. The molecule has 1 fully saturated rings. The molecule has 1 aromatic carbocycles. The molecule has 0 aliphatic heterocycles. The van der Waals surface area contributed by atoms with Gasteiger partial charge in [-0.05, 0) is 30.5 Å². The largest absolute Gasteiger partial charge is 0.382 e. The van der Waals surface area contributed by atoms with Crippen molar-refractivity contribution in [2.45, 2.75) is 31.1 Å². The predicted molar refractivity (Wildman–Crippen MR) is 73.7 cm³/mol. The molecular formula is C14H16ClN3. The number of hydrogen-bond donors (Lipinski definition) is 2. The van der Waals surface area contributed by atoms with E-state index in [4.69, 9.17) is 17.3 Å². The maximum Gasteiger partial charge on any atom is 0.145 e. The van der Waals surface area contributed by atoms with E-state index in [1.54, 1.807) is 0 Å². The molecule has 0 atom stereocenters. The molecule has 3 N–H and O–H groups in total. The van der Waals surface area contributed by atoms with E-state index in [0.29, 0.717) is 5.82 Å². The quantitative estimate of drug-likeness (QED) is 0.869. The molecule has 1 aliphatic rings. The predicted octanol–water partition coefficient (Wildman–Crippen LogP) is 3.51. The van der Waals surface area contributed by atoms with Gasteiger partial charge in [0.25, 0.3) is 0 Å². The normalized spacial score (nSPS) is 18.1. The zero-order valence-corrected chi connectivity index (χ0v) is 10.9. The van der Waals surface area contributed by atoms with Crippen LogP contribution in [0.4, 0.5) is 5.82 Å². The van der Waals surface area contributed by atoms with Gasteiger partial charge in [0.15, 0.2) is 0 Å². The number of nitrogen functional groups attached to an aromatic ring is 1. The highest BCUT2D eigenvalue weighted by Crippen LogP contribution is 2.46. The summed E-state index contributed by atoms with van der Waals surface area (Å²) in [4.78, 5) is 0. The summed E-state index contributed by atoms with van der Waals surface area (Å²) in [5.74, 6) is 0.560. The maximum atomic E-state index is 5.97. The molecule has 4 heteroatoms. The van der Waals surface area contributed by atoms with E-state index in [-0.39, 0.29) is 5.41 Å². The first-order valence-electron chi connectivity index (χ1n) is 6.28. The van der Waals surface area contributed by atoms with Gasteiger partial charge in [-0.1, -0.05) is 36.6 Å². The molecule has 1 aliphatic carbocycles. The molecule has 3 nitrogen and oxygen atoms in total. The van der Waals surface area contributed by atoms with Gasteiger partial charge in [-0.3, -0.25) is 5.10 Å².